The van der Waals surface area contributed by atoms with Crippen LogP contribution in [-0.4, -0.2) is 39.8 Å². The number of ether oxygens (including phenoxy) is 1. The number of nitrogens with zero attached hydrogens (tertiary/aromatic N) is 3. The summed E-state index contributed by atoms with van der Waals surface area (Å²) in [6.45, 7) is 3.74. The number of thiophene rings is 1. The van der Waals surface area contributed by atoms with Crippen LogP contribution >= 0.6 is 11.3 Å². The maximum atomic E-state index is 13.3. The minimum absolute atomic E-state index is 0.0604. The van der Waals surface area contributed by atoms with Crippen LogP contribution in [0.25, 0.3) is 5.69 Å². The van der Waals surface area contributed by atoms with Crippen molar-refractivity contribution < 1.29 is 13.9 Å². The maximum absolute atomic E-state index is 13.3. The summed E-state index contributed by atoms with van der Waals surface area (Å²) < 4.78 is 20.6. The van der Waals surface area contributed by atoms with Crippen molar-refractivity contribution in [2.75, 3.05) is 13.2 Å². The van der Waals surface area contributed by atoms with Gasteiger partial charge in [0, 0.05) is 18.0 Å². The zero-order chi connectivity index (χ0) is 19.5. The molecule has 0 spiro atoms. The molecule has 1 saturated heterocycles. The third-order valence-electron chi connectivity index (χ3n) is 4.97. The van der Waals surface area contributed by atoms with Crippen molar-refractivity contribution in [3.05, 3.63) is 69.9 Å². The van der Waals surface area contributed by atoms with Gasteiger partial charge in [-0.2, -0.15) is 5.10 Å². The second-order valence-electron chi connectivity index (χ2n) is 6.93. The number of benzene rings is 1. The fourth-order valence-electron chi connectivity index (χ4n) is 3.48. The molecule has 1 amide bonds. The minimum Gasteiger partial charge on any atom is -0.376 e. The van der Waals surface area contributed by atoms with Crippen LogP contribution in [0.2, 0.25) is 0 Å². The molecule has 0 saturated carbocycles. The lowest BCUT2D eigenvalue weighted by molar-refractivity contribution is 0.0509. The molecule has 1 atom stereocenters. The van der Waals surface area contributed by atoms with Crippen LogP contribution in [0.15, 0.2) is 48.0 Å². The van der Waals surface area contributed by atoms with Crippen LogP contribution in [0.4, 0.5) is 4.39 Å². The molecule has 0 N–H and O–H groups in total. The number of hydrogen-bond donors (Lipinski definition) is 0. The van der Waals surface area contributed by atoms with Gasteiger partial charge in [0.2, 0.25) is 0 Å². The SMILES string of the molecule is Cc1c(C(=O)N(Cc2cccs2)CC2CCCO2)cnn1-c1ccc(F)cc1. The molecular weight excluding hydrogens is 377 g/mol. The van der Waals surface area contributed by atoms with E-state index in [0.717, 1.165) is 35.7 Å². The maximum Gasteiger partial charge on any atom is 0.257 e. The summed E-state index contributed by atoms with van der Waals surface area (Å²) in [6, 6.07) is 10.1. The summed E-state index contributed by atoms with van der Waals surface area (Å²) >= 11 is 1.64. The first-order valence-corrected chi connectivity index (χ1v) is 10.2. The van der Waals surface area contributed by atoms with Crippen molar-refractivity contribution in [2.24, 2.45) is 0 Å². The molecule has 0 aliphatic carbocycles. The number of carbonyl (C=O) groups excluding carboxylic acids is 1. The Morgan fingerprint density at radius 1 is 1.36 bits per heavy atom. The molecule has 4 rings (SSSR count). The molecule has 1 aromatic carbocycles. The highest BCUT2D eigenvalue weighted by Crippen LogP contribution is 2.21. The van der Waals surface area contributed by atoms with Crippen molar-refractivity contribution in [1.29, 1.82) is 0 Å². The monoisotopic (exact) mass is 399 g/mol. The standard InChI is InChI=1S/C21H22FN3O2S/c1-15-20(12-23-25(15)17-8-6-16(22)7-9-17)21(26)24(13-18-4-2-10-27-18)14-19-5-3-11-28-19/h3,5-9,11-12,18H,2,4,10,13-14H2,1H3. The molecule has 1 fully saturated rings. The highest BCUT2D eigenvalue weighted by molar-refractivity contribution is 7.09. The Morgan fingerprint density at radius 3 is 2.86 bits per heavy atom. The van der Waals surface area contributed by atoms with Crippen LogP contribution in [-0.2, 0) is 11.3 Å². The third kappa shape index (κ3) is 4.00. The second kappa shape index (κ2) is 8.24. The van der Waals surface area contributed by atoms with Crippen molar-refractivity contribution >= 4 is 17.2 Å². The predicted octanol–water partition coefficient (Wildman–Crippen LogP) is 4.20. The van der Waals surface area contributed by atoms with Crippen LogP contribution in [0, 0.1) is 12.7 Å². The number of halogens is 1. The van der Waals surface area contributed by atoms with E-state index in [-0.39, 0.29) is 17.8 Å². The molecule has 1 aliphatic rings. The van der Waals surface area contributed by atoms with Gasteiger partial charge in [0.25, 0.3) is 5.91 Å². The zero-order valence-electron chi connectivity index (χ0n) is 15.7. The Morgan fingerprint density at radius 2 is 2.18 bits per heavy atom. The van der Waals surface area contributed by atoms with E-state index < -0.39 is 0 Å². The molecule has 3 heterocycles. The van der Waals surface area contributed by atoms with Crippen LogP contribution in [0.1, 0.15) is 33.8 Å². The number of aromatic nitrogens is 2. The van der Waals surface area contributed by atoms with Gasteiger partial charge in [0.05, 0.1) is 35.8 Å². The molecule has 0 radical (unpaired) electrons. The van der Waals surface area contributed by atoms with Gasteiger partial charge >= 0.3 is 0 Å². The van der Waals surface area contributed by atoms with E-state index >= 15 is 0 Å². The molecule has 7 heteroatoms. The van der Waals surface area contributed by atoms with E-state index in [1.165, 1.54) is 12.1 Å². The van der Waals surface area contributed by atoms with Gasteiger partial charge in [0.1, 0.15) is 5.82 Å². The lowest BCUT2D eigenvalue weighted by atomic mass is 10.2. The van der Waals surface area contributed by atoms with E-state index in [9.17, 15) is 9.18 Å². The van der Waals surface area contributed by atoms with Gasteiger partial charge in [-0.25, -0.2) is 9.07 Å². The van der Waals surface area contributed by atoms with Gasteiger partial charge in [-0.1, -0.05) is 6.07 Å². The Hall–Kier alpha value is -2.51. The second-order valence-corrected chi connectivity index (χ2v) is 7.96. The van der Waals surface area contributed by atoms with Crippen molar-refractivity contribution in [1.82, 2.24) is 14.7 Å². The molecule has 1 aliphatic heterocycles. The quantitative estimate of drug-likeness (QED) is 0.624. The highest BCUT2D eigenvalue weighted by atomic mass is 32.1. The lowest BCUT2D eigenvalue weighted by Crippen LogP contribution is -2.37. The fourth-order valence-corrected chi connectivity index (χ4v) is 4.20. The summed E-state index contributed by atoms with van der Waals surface area (Å²) in [4.78, 5) is 16.3. The molecular formula is C21H22FN3O2S. The topological polar surface area (TPSA) is 47.4 Å². The summed E-state index contributed by atoms with van der Waals surface area (Å²) in [5, 5.41) is 6.38. The number of carbonyl (C=O) groups is 1. The highest BCUT2D eigenvalue weighted by Gasteiger charge is 2.26. The first-order valence-electron chi connectivity index (χ1n) is 9.35. The fraction of sp³-hybridized carbons (Fsp3) is 0.333. The largest absolute Gasteiger partial charge is 0.376 e. The normalized spacial score (nSPS) is 16.4. The van der Waals surface area contributed by atoms with E-state index in [1.807, 2.05) is 29.3 Å². The summed E-state index contributed by atoms with van der Waals surface area (Å²) in [5.41, 5.74) is 2.01. The third-order valence-corrected chi connectivity index (χ3v) is 5.83. The molecule has 28 heavy (non-hydrogen) atoms. The zero-order valence-corrected chi connectivity index (χ0v) is 16.5. The molecule has 146 valence electrons. The summed E-state index contributed by atoms with van der Waals surface area (Å²) in [7, 11) is 0. The Kier molecular flexibility index (Phi) is 5.54. The Labute approximate surface area is 167 Å². The van der Waals surface area contributed by atoms with Gasteiger partial charge in [-0.3, -0.25) is 4.79 Å². The summed E-state index contributed by atoms with van der Waals surface area (Å²) in [5.74, 6) is -0.363. The molecule has 0 bridgehead atoms. The number of amides is 1. The van der Waals surface area contributed by atoms with E-state index in [2.05, 4.69) is 5.10 Å². The smallest absolute Gasteiger partial charge is 0.257 e. The van der Waals surface area contributed by atoms with Gasteiger partial charge < -0.3 is 9.64 Å². The minimum atomic E-state index is -0.302. The van der Waals surface area contributed by atoms with Crippen LogP contribution in [0.3, 0.4) is 0 Å². The average molecular weight is 399 g/mol. The van der Waals surface area contributed by atoms with Crippen LogP contribution in [0.5, 0.6) is 0 Å². The van der Waals surface area contributed by atoms with Crippen molar-refractivity contribution in [3.63, 3.8) is 0 Å². The summed E-state index contributed by atoms with van der Waals surface area (Å²) in [6.07, 6.45) is 3.68. The van der Waals surface area contributed by atoms with Crippen molar-refractivity contribution in [2.45, 2.75) is 32.4 Å². The average Bonchev–Trinajstić information content (AvgIpc) is 3.44. The van der Waals surface area contributed by atoms with E-state index in [4.69, 9.17) is 4.74 Å². The number of hydrogen-bond acceptors (Lipinski definition) is 4. The Balaban J connectivity index is 1.59. The lowest BCUT2D eigenvalue weighted by Gasteiger charge is -2.25. The van der Waals surface area contributed by atoms with Gasteiger partial charge in [0.15, 0.2) is 0 Å². The van der Waals surface area contributed by atoms with Crippen LogP contribution < -0.4 is 0 Å². The van der Waals surface area contributed by atoms with Gasteiger partial charge in [-0.15, -0.1) is 11.3 Å². The molecule has 2 aromatic heterocycles. The van der Waals surface area contributed by atoms with Crippen molar-refractivity contribution in [3.8, 4) is 5.69 Å². The van der Waals surface area contributed by atoms with E-state index in [1.54, 1.807) is 34.3 Å². The van der Waals surface area contributed by atoms with Gasteiger partial charge in [-0.05, 0) is 55.5 Å². The first kappa shape index (κ1) is 18.8. The number of rotatable bonds is 6. The Bertz CT molecular complexity index is 931. The molecule has 3 aromatic rings. The van der Waals surface area contributed by atoms with E-state index in [0.29, 0.717) is 18.7 Å². The first-order chi connectivity index (χ1) is 13.6. The molecule has 5 nitrogen and oxygen atoms in total. The molecule has 1 unspecified atom stereocenters. The predicted molar refractivity (Wildman–Crippen MR) is 106 cm³/mol.